The minimum absolute atomic E-state index is 0.0866. The number of nitrogens with zero attached hydrogens (tertiary/aromatic N) is 1. The Morgan fingerprint density at radius 3 is 2.47 bits per heavy atom. The summed E-state index contributed by atoms with van der Waals surface area (Å²) < 4.78 is 29.8. The topological polar surface area (TPSA) is 31.2 Å². The molecule has 1 aromatic heterocycles. The van der Waals surface area contributed by atoms with Crippen molar-refractivity contribution in [3.05, 3.63) is 48.3 Å². The summed E-state index contributed by atoms with van der Waals surface area (Å²) in [4.78, 5) is 10.7. The van der Waals surface area contributed by atoms with Crippen molar-refractivity contribution < 1.29 is 18.3 Å². The van der Waals surface area contributed by atoms with Gasteiger partial charge in [0.05, 0.1) is 5.69 Å². The van der Waals surface area contributed by atoms with Gasteiger partial charge in [-0.1, -0.05) is 0 Å². The van der Waals surface area contributed by atoms with E-state index in [9.17, 15) is 13.6 Å². The van der Waals surface area contributed by atoms with Gasteiger partial charge in [-0.3, -0.25) is 4.79 Å². The van der Waals surface area contributed by atoms with Crippen molar-refractivity contribution in [2.45, 2.75) is 6.61 Å². The molecule has 0 atom stereocenters. The molecule has 0 aliphatic carbocycles. The maximum absolute atomic E-state index is 11.9. The number of halogens is 2. The summed E-state index contributed by atoms with van der Waals surface area (Å²) >= 11 is 0. The van der Waals surface area contributed by atoms with Crippen LogP contribution in [0.5, 0.6) is 5.75 Å². The van der Waals surface area contributed by atoms with Gasteiger partial charge in [-0.25, -0.2) is 0 Å². The molecule has 0 N–H and O–H groups in total. The van der Waals surface area contributed by atoms with Gasteiger partial charge in [-0.2, -0.15) is 8.78 Å². The maximum atomic E-state index is 11.9. The van der Waals surface area contributed by atoms with Crippen LogP contribution >= 0.6 is 0 Å². The van der Waals surface area contributed by atoms with E-state index in [1.807, 2.05) is 0 Å². The van der Waals surface area contributed by atoms with Crippen molar-refractivity contribution in [1.82, 2.24) is 4.57 Å². The molecule has 0 unspecified atom stereocenters. The van der Waals surface area contributed by atoms with Crippen molar-refractivity contribution in [2.75, 3.05) is 0 Å². The van der Waals surface area contributed by atoms with Gasteiger partial charge in [0.2, 0.25) is 0 Å². The number of rotatable bonds is 4. The molecule has 2 rings (SSSR count). The van der Waals surface area contributed by atoms with Crippen LogP contribution in [0.25, 0.3) is 5.69 Å². The third kappa shape index (κ3) is 2.50. The van der Waals surface area contributed by atoms with Crippen LogP contribution in [0.2, 0.25) is 0 Å². The van der Waals surface area contributed by atoms with Gasteiger partial charge in [0, 0.05) is 11.9 Å². The first-order valence-corrected chi connectivity index (χ1v) is 4.88. The van der Waals surface area contributed by atoms with Gasteiger partial charge in [0.15, 0.2) is 6.29 Å². The third-order valence-corrected chi connectivity index (χ3v) is 2.24. The Hall–Kier alpha value is -2.17. The van der Waals surface area contributed by atoms with E-state index in [4.69, 9.17) is 0 Å². The Morgan fingerprint density at radius 1 is 1.18 bits per heavy atom. The number of aldehydes is 1. The normalized spacial score (nSPS) is 10.5. The molecular formula is C12H9F2NO2. The van der Waals surface area contributed by atoms with Gasteiger partial charge >= 0.3 is 6.61 Å². The summed E-state index contributed by atoms with van der Waals surface area (Å²) in [7, 11) is 0. The summed E-state index contributed by atoms with van der Waals surface area (Å²) in [6.07, 6.45) is 2.44. The van der Waals surface area contributed by atoms with E-state index in [0.717, 1.165) is 6.29 Å². The van der Waals surface area contributed by atoms with E-state index >= 15 is 0 Å². The zero-order valence-corrected chi connectivity index (χ0v) is 8.72. The zero-order chi connectivity index (χ0) is 12.3. The second kappa shape index (κ2) is 4.78. The number of hydrogen-bond donors (Lipinski definition) is 0. The predicted octanol–water partition coefficient (Wildman–Crippen LogP) is 2.89. The van der Waals surface area contributed by atoms with Gasteiger partial charge in [-0.05, 0) is 36.4 Å². The van der Waals surface area contributed by atoms with Crippen LogP contribution in [-0.4, -0.2) is 17.5 Å². The number of alkyl halides is 2. The van der Waals surface area contributed by atoms with E-state index < -0.39 is 6.61 Å². The average molecular weight is 237 g/mol. The van der Waals surface area contributed by atoms with E-state index in [1.54, 1.807) is 35.0 Å². The predicted molar refractivity (Wildman–Crippen MR) is 57.8 cm³/mol. The highest BCUT2D eigenvalue weighted by Gasteiger charge is 2.05. The summed E-state index contributed by atoms with van der Waals surface area (Å²) in [5.74, 6) is 0.0866. The summed E-state index contributed by atoms with van der Waals surface area (Å²) in [6.45, 7) is -2.84. The molecule has 0 amide bonds. The van der Waals surface area contributed by atoms with E-state index in [-0.39, 0.29) is 5.75 Å². The number of benzene rings is 1. The standard InChI is InChI=1S/C12H9F2NO2/c13-12(14)17-11-5-3-9(4-6-11)15-7-1-2-10(15)8-16/h1-8,12H. The monoisotopic (exact) mass is 237 g/mol. The van der Waals surface area contributed by atoms with Crippen molar-refractivity contribution in [3.63, 3.8) is 0 Å². The summed E-state index contributed by atoms with van der Waals surface area (Å²) in [6, 6.07) is 9.45. The molecule has 1 heterocycles. The lowest BCUT2D eigenvalue weighted by Gasteiger charge is -2.07. The highest BCUT2D eigenvalue weighted by atomic mass is 19.3. The fourth-order valence-corrected chi connectivity index (χ4v) is 1.51. The number of ether oxygens (including phenoxy) is 1. The Bertz CT molecular complexity index is 505. The Morgan fingerprint density at radius 2 is 1.88 bits per heavy atom. The SMILES string of the molecule is O=Cc1cccn1-c1ccc(OC(F)F)cc1. The number of hydrogen-bond acceptors (Lipinski definition) is 2. The molecule has 5 heteroatoms. The molecule has 0 saturated heterocycles. The van der Waals surface area contributed by atoms with Crippen LogP contribution in [0.15, 0.2) is 42.6 Å². The fourth-order valence-electron chi connectivity index (χ4n) is 1.51. The largest absolute Gasteiger partial charge is 0.435 e. The molecule has 0 spiro atoms. The van der Waals surface area contributed by atoms with Crippen molar-refractivity contribution in [3.8, 4) is 11.4 Å². The molecule has 88 valence electrons. The Labute approximate surface area is 96.2 Å². The summed E-state index contributed by atoms with van der Waals surface area (Å²) in [5.41, 5.74) is 1.20. The van der Waals surface area contributed by atoms with Crippen LogP contribution < -0.4 is 4.74 Å². The highest BCUT2D eigenvalue weighted by Crippen LogP contribution is 2.18. The number of carbonyl (C=O) groups excluding carboxylic acids is 1. The van der Waals surface area contributed by atoms with E-state index in [1.165, 1.54) is 12.1 Å². The molecule has 17 heavy (non-hydrogen) atoms. The van der Waals surface area contributed by atoms with Crippen LogP contribution in [-0.2, 0) is 0 Å². The van der Waals surface area contributed by atoms with E-state index in [2.05, 4.69) is 4.74 Å². The minimum atomic E-state index is -2.84. The minimum Gasteiger partial charge on any atom is -0.435 e. The molecule has 0 bridgehead atoms. The van der Waals surface area contributed by atoms with Gasteiger partial charge < -0.3 is 9.30 Å². The van der Waals surface area contributed by atoms with Gasteiger partial charge in [-0.15, -0.1) is 0 Å². The molecule has 0 aliphatic heterocycles. The lowest BCUT2D eigenvalue weighted by Crippen LogP contribution is -2.02. The number of aromatic nitrogens is 1. The second-order valence-corrected chi connectivity index (χ2v) is 3.29. The molecule has 0 saturated carbocycles. The van der Waals surface area contributed by atoms with Crippen molar-refractivity contribution >= 4 is 6.29 Å². The maximum Gasteiger partial charge on any atom is 0.387 e. The third-order valence-electron chi connectivity index (χ3n) is 2.24. The second-order valence-electron chi connectivity index (χ2n) is 3.29. The summed E-state index contributed by atoms with van der Waals surface area (Å²) in [5, 5.41) is 0. The Balaban J connectivity index is 2.26. The highest BCUT2D eigenvalue weighted by molar-refractivity contribution is 5.73. The van der Waals surface area contributed by atoms with Crippen LogP contribution in [0.3, 0.4) is 0 Å². The molecular weight excluding hydrogens is 228 g/mol. The molecule has 0 aliphatic rings. The van der Waals surface area contributed by atoms with Gasteiger partial charge in [0.25, 0.3) is 0 Å². The Kier molecular flexibility index (Phi) is 3.18. The smallest absolute Gasteiger partial charge is 0.387 e. The van der Waals surface area contributed by atoms with Crippen molar-refractivity contribution in [2.24, 2.45) is 0 Å². The van der Waals surface area contributed by atoms with E-state index in [0.29, 0.717) is 11.4 Å². The van der Waals surface area contributed by atoms with Crippen molar-refractivity contribution in [1.29, 1.82) is 0 Å². The molecule has 0 radical (unpaired) electrons. The lowest BCUT2D eigenvalue weighted by atomic mass is 10.3. The zero-order valence-electron chi connectivity index (χ0n) is 8.72. The first kappa shape index (κ1) is 11.3. The average Bonchev–Trinajstić information content (AvgIpc) is 2.77. The lowest BCUT2D eigenvalue weighted by molar-refractivity contribution is -0.0498. The fraction of sp³-hybridized carbons (Fsp3) is 0.0833. The molecule has 0 fully saturated rings. The van der Waals surface area contributed by atoms with Crippen LogP contribution in [0, 0.1) is 0 Å². The van der Waals surface area contributed by atoms with Crippen LogP contribution in [0.4, 0.5) is 8.78 Å². The first-order valence-electron chi connectivity index (χ1n) is 4.88. The van der Waals surface area contributed by atoms with Gasteiger partial charge in [0.1, 0.15) is 5.75 Å². The molecule has 1 aromatic carbocycles. The quantitative estimate of drug-likeness (QED) is 0.765. The molecule has 2 aromatic rings. The first-order chi connectivity index (χ1) is 8.20. The number of carbonyl (C=O) groups is 1. The van der Waals surface area contributed by atoms with Crippen LogP contribution in [0.1, 0.15) is 10.5 Å². The molecule has 3 nitrogen and oxygen atoms in total.